The lowest BCUT2D eigenvalue weighted by Gasteiger charge is -2.07. The van der Waals surface area contributed by atoms with Crippen LogP contribution >= 0.6 is 0 Å². The fraction of sp³-hybridized carbons (Fsp3) is 0.333. The third-order valence-corrected chi connectivity index (χ3v) is 2.85. The van der Waals surface area contributed by atoms with Gasteiger partial charge in [-0.2, -0.15) is 0 Å². The summed E-state index contributed by atoms with van der Waals surface area (Å²) in [5.41, 5.74) is 0.444. The summed E-state index contributed by atoms with van der Waals surface area (Å²) in [6, 6.07) is 9.58. The summed E-state index contributed by atoms with van der Waals surface area (Å²) in [6.45, 7) is 1.99. The minimum absolute atomic E-state index is 0.183. The molecule has 0 radical (unpaired) electrons. The molecular weight excluding hydrogens is 256 g/mol. The third-order valence-electron chi connectivity index (χ3n) is 2.85. The molecule has 0 aliphatic rings. The van der Waals surface area contributed by atoms with E-state index in [-0.39, 0.29) is 5.91 Å². The summed E-state index contributed by atoms with van der Waals surface area (Å²) in [4.78, 5) is 16.3. The van der Waals surface area contributed by atoms with Crippen LogP contribution in [0, 0.1) is 0 Å². The Bertz CT molecular complexity index is 567. The summed E-state index contributed by atoms with van der Waals surface area (Å²) in [6.07, 6.45) is 1.65. The van der Waals surface area contributed by atoms with Crippen LogP contribution in [0.15, 0.2) is 36.5 Å². The second kappa shape index (κ2) is 7.57. The smallest absolute Gasteiger partial charge is 0.270 e. The summed E-state index contributed by atoms with van der Waals surface area (Å²) >= 11 is 0. The van der Waals surface area contributed by atoms with Crippen LogP contribution < -0.4 is 5.32 Å². The van der Waals surface area contributed by atoms with Gasteiger partial charge in [-0.25, -0.2) is 0 Å². The van der Waals surface area contributed by atoms with Crippen molar-refractivity contribution in [2.75, 3.05) is 33.5 Å². The molecule has 0 fully saturated rings. The Labute approximate surface area is 117 Å². The fourth-order valence-electron chi connectivity index (χ4n) is 1.87. The summed E-state index contributed by atoms with van der Waals surface area (Å²) in [7, 11) is 1.62. The largest absolute Gasteiger partial charge is 0.382 e. The average Bonchev–Trinajstić information content (AvgIpc) is 2.50. The molecule has 1 aromatic heterocycles. The average molecular weight is 274 g/mol. The molecule has 5 heteroatoms. The first-order valence-corrected chi connectivity index (χ1v) is 6.51. The maximum Gasteiger partial charge on any atom is 0.270 e. The van der Waals surface area contributed by atoms with Gasteiger partial charge in [0.25, 0.3) is 5.91 Å². The SMILES string of the molecule is COCCOCCNC(=O)c1nccc2ccccc12. The number of ether oxygens (including phenoxy) is 2. The van der Waals surface area contributed by atoms with Gasteiger partial charge in [0.1, 0.15) is 5.69 Å². The van der Waals surface area contributed by atoms with Gasteiger partial charge in [-0.1, -0.05) is 24.3 Å². The number of rotatable bonds is 7. The molecule has 0 aliphatic heterocycles. The molecular formula is C15H18N2O3. The van der Waals surface area contributed by atoms with E-state index in [1.54, 1.807) is 13.3 Å². The Kier molecular flexibility index (Phi) is 5.46. The zero-order chi connectivity index (χ0) is 14.2. The number of nitrogens with zero attached hydrogens (tertiary/aromatic N) is 1. The second-order valence-corrected chi connectivity index (χ2v) is 4.24. The molecule has 1 amide bonds. The topological polar surface area (TPSA) is 60.5 Å². The van der Waals surface area contributed by atoms with E-state index in [1.807, 2.05) is 30.3 Å². The van der Waals surface area contributed by atoms with Crippen molar-refractivity contribution in [3.8, 4) is 0 Å². The van der Waals surface area contributed by atoms with Crippen LogP contribution in [0.3, 0.4) is 0 Å². The van der Waals surface area contributed by atoms with Gasteiger partial charge in [0.15, 0.2) is 0 Å². The number of hydrogen-bond donors (Lipinski definition) is 1. The van der Waals surface area contributed by atoms with Crippen molar-refractivity contribution in [1.29, 1.82) is 0 Å². The van der Waals surface area contributed by atoms with Gasteiger partial charge in [-0.3, -0.25) is 9.78 Å². The number of aromatic nitrogens is 1. The van der Waals surface area contributed by atoms with Gasteiger partial charge in [0, 0.05) is 25.2 Å². The molecule has 106 valence electrons. The normalized spacial score (nSPS) is 10.7. The van der Waals surface area contributed by atoms with Crippen molar-refractivity contribution in [2.45, 2.75) is 0 Å². The lowest BCUT2D eigenvalue weighted by molar-refractivity contribution is 0.0692. The molecule has 0 saturated carbocycles. The molecule has 2 rings (SSSR count). The lowest BCUT2D eigenvalue weighted by Crippen LogP contribution is -2.28. The Morgan fingerprint density at radius 3 is 2.90 bits per heavy atom. The third kappa shape index (κ3) is 3.76. The molecule has 0 aliphatic carbocycles. The number of pyridine rings is 1. The predicted molar refractivity (Wildman–Crippen MR) is 76.8 cm³/mol. The van der Waals surface area contributed by atoms with Crippen LogP contribution in [0.25, 0.3) is 10.8 Å². The van der Waals surface area contributed by atoms with E-state index in [4.69, 9.17) is 9.47 Å². The number of benzene rings is 1. The van der Waals surface area contributed by atoms with E-state index in [1.165, 1.54) is 0 Å². The number of nitrogens with one attached hydrogen (secondary N) is 1. The number of hydrogen-bond acceptors (Lipinski definition) is 4. The lowest BCUT2D eigenvalue weighted by atomic mass is 10.1. The Morgan fingerprint density at radius 2 is 2.05 bits per heavy atom. The van der Waals surface area contributed by atoms with E-state index in [0.717, 1.165) is 10.8 Å². The van der Waals surface area contributed by atoms with Crippen LogP contribution in [0.1, 0.15) is 10.5 Å². The summed E-state index contributed by atoms with van der Waals surface area (Å²) in [5, 5.41) is 4.66. The molecule has 0 saturated heterocycles. The van der Waals surface area contributed by atoms with Gasteiger partial charge < -0.3 is 14.8 Å². The maximum atomic E-state index is 12.1. The first kappa shape index (κ1) is 14.4. The van der Waals surface area contributed by atoms with E-state index in [9.17, 15) is 4.79 Å². The van der Waals surface area contributed by atoms with E-state index >= 15 is 0 Å². The van der Waals surface area contributed by atoms with Crippen molar-refractivity contribution < 1.29 is 14.3 Å². The molecule has 0 unspecified atom stereocenters. The molecule has 1 aromatic carbocycles. The zero-order valence-electron chi connectivity index (χ0n) is 11.5. The van der Waals surface area contributed by atoms with Crippen LogP contribution in [0.5, 0.6) is 0 Å². The highest BCUT2D eigenvalue weighted by Gasteiger charge is 2.10. The van der Waals surface area contributed by atoms with Gasteiger partial charge >= 0.3 is 0 Å². The molecule has 1 heterocycles. The minimum atomic E-state index is -0.183. The van der Waals surface area contributed by atoms with Crippen LogP contribution in [0.2, 0.25) is 0 Å². The van der Waals surface area contributed by atoms with Crippen LogP contribution in [0.4, 0.5) is 0 Å². The minimum Gasteiger partial charge on any atom is -0.382 e. The molecule has 1 N–H and O–H groups in total. The number of amides is 1. The van der Waals surface area contributed by atoms with Crippen molar-refractivity contribution in [3.05, 3.63) is 42.2 Å². The molecule has 20 heavy (non-hydrogen) atoms. The van der Waals surface area contributed by atoms with Gasteiger partial charge in [-0.15, -0.1) is 0 Å². The molecule has 2 aromatic rings. The van der Waals surface area contributed by atoms with Crippen molar-refractivity contribution in [3.63, 3.8) is 0 Å². The van der Waals surface area contributed by atoms with Crippen LogP contribution in [-0.2, 0) is 9.47 Å². The fourth-order valence-corrected chi connectivity index (χ4v) is 1.87. The number of fused-ring (bicyclic) bond motifs is 1. The van der Waals surface area contributed by atoms with Crippen molar-refractivity contribution >= 4 is 16.7 Å². The summed E-state index contributed by atoms with van der Waals surface area (Å²) < 4.78 is 10.2. The van der Waals surface area contributed by atoms with Gasteiger partial charge in [-0.05, 0) is 11.5 Å². The quantitative estimate of drug-likeness (QED) is 0.780. The molecule has 0 atom stereocenters. The Hall–Kier alpha value is -1.98. The van der Waals surface area contributed by atoms with Crippen molar-refractivity contribution in [1.82, 2.24) is 10.3 Å². The first-order chi connectivity index (χ1) is 9.83. The zero-order valence-corrected chi connectivity index (χ0v) is 11.5. The predicted octanol–water partition coefficient (Wildman–Crippen LogP) is 1.63. The highest BCUT2D eigenvalue weighted by Crippen LogP contribution is 2.15. The summed E-state index contributed by atoms with van der Waals surface area (Å²) in [5.74, 6) is -0.183. The monoisotopic (exact) mass is 274 g/mol. The number of methoxy groups -OCH3 is 1. The molecule has 5 nitrogen and oxygen atoms in total. The standard InChI is InChI=1S/C15H18N2O3/c1-19-10-11-20-9-8-17-15(18)14-13-5-3-2-4-12(13)6-7-16-14/h2-7H,8-11H2,1H3,(H,17,18). The van der Waals surface area contributed by atoms with Gasteiger partial charge in [0.05, 0.1) is 19.8 Å². The van der Waals surface area contributed by atoms with Crippen molar-refractivity contribution in [2.24, 2.45) is 0 Å². The Morgan fingerprint density at radius 1 is 1.20 bits per heavy atom. The van der Waals surface area contributed by atoms with Crippen LogP contribution in [-0.4, -0.2) is 44.4 Å². The van der Waals surface area contributed by atoms with E-state index in [0.29, 0.717) is 32.1 Å². The maximum absolute atomic E-state index is 12.1. The highest BCUT2D eigenvalue weighted by atomic mass is 16.5. The second-order valence-electron chi connectivity index (χ2n) is 4.24. The number of carbonyl (C=O) groups excluding carboxylic acids is 1. The molecule has 0 spiro atoms. The van der Waals surface area contributed by atoms with Gasteiger partial charge in [0.2, 0.25) is 0 Å². The number of carbonyl (C=O) groups is 1. The highest BCUT2D eigenvalue weighted by molar-refractivity contribution is 6.05. The first-order valence-electron chi connectivity index (χ1n) is 6.51. The molecule has 0 bridgehead atoms. The van der Waals surface area contributed by atoms with E-state index < -0.39 is 0 Å². The Balaban J connectivity index is 1.91. The van der Waals surface area contributed by atoms with E-state index in [2.05, 4.69) is 10.3 Å².